The second-order valence-electron chi connectivity index (χ2n) is 10.3. The van der Waals surface area contributed by atoms with Crippen molar-refractivity contribution < 1.29 is 13.2 Å². The number of thiol groups is 1. The van der Waals surface area contributed by atoms with Crippen LogP contribution in [0.5, 0.6) is 0 Å². The summed E-state index contributed by atoms with van der Waals surface area (Å²) >= 11 is 0. The molecule has 1 fully saturated rings. The molecular weight excluding hydrogens is 562 g/mol. The Morgan fingerprint density at radius 2 is 1.63 bits per heavy atom. The molecule has 0 radical (unpaired) electrons. The molecule has 10 nitrogen and oxygen atoms in total. The van der Waals surface area contributed by atoms with E-state index in [1.807, 2.05) is 60.9 Å². The number of carbonyl (C=O) groups excluding carboxylic acids is 1. The van der Waals surface area contributed by atoms with Crippen LogP contribution in [0.1, 0.15) is 15.9 Å². The van der Waals surface area contributed by atoms with Crippen molar-refractivity contribution in [2.45, 2.75) is 6.54 Å². The smallest absolute Gasteiger partial charge is 0.255 e. The molecule has 1 amide bonds. The minimum atomic E-state index is -2.56. The number of rotatable bonds is 9. The van der Waals surface area contributed by atoms with Crippen molar-refractivity contribution in [3.8, 4) is 11.1 Å². The van der Waals surface area contributed by atoms with Crippen LogP contribution in [-0.4, -0.2) is 66.2 Å². The summed E-state index contributed by atoms with van der Waals surface area (Å²) < 4.78 is 21.7. The van der Waals surface area contributed by atoms with Crippen LogP contribution in [0.15, 0.2) is 97.5 Å². The number of hydrogen-bond acceptors (Lipinski definition) is 9. The van der Waals surface area contributed by atoms with Gasteiger partial charge in [0, 0.05) is 62.1 Å². The Bertz CT molecular complexity index is 1800. The molecule has 3 heterocycles. The summed E-state index contributed by atoms with van der Waals surface area (Å²) in [6.45, 7) is 4.56. The van der Waals surface area contributed by atoms with Gasteiger partial charge in [-0.05, 0) is 65.2 Å². The number of nitrogens with zero attached hydrogens (tertiary/aromatic N) is 5. The van der Waals surface area contributed by atoms with Gasteiger partial charge >= 0.3 is 0 Å². The van der Waals surface area contributed by atoms with Crippen LogP contribution < -0.4 is 15.5 Å². The van der Waals surface area contributed by atoms with Gasteiger partial charge in [0.1, 0.15) is 11.7 Å². The van der Waals surface area contributed by atoms with Gasteiger partial charge in [-0.25, -0.2) is 13.4 Å². The Labute approximate surface area is 251 Å². The summed E-state index contributed by atoms with van der Waals surface area (Å²) in [4.78, 5) is 31.3. The quantitative estimate of drug-likeness (QED) is 0.216. The van der Waals surface area contributed by atoms with Crippen molar-refractivity contribution in [1.29, 1.82) is 0 Å². The van der Waals surface area contributed by atoms with Gasteiger partial charge in [0.15, 0.2) is 10.7 Å². The number of anilines is 3. The Hall–Kier alpha value is -4.87. The molecule has 1 aliphatic rings. The molecule has 2 N–H and O–H groups in total. The molecule has 2 aromatic heterocycles. The van der Waals surface area contributed by atoms with E-state index in [1.165, 1.54) is 5.56 Å². The first-order valence-electron chi connectivity index (χ1n) is 14.0. The molecule has 0 spiro atoms. The van der Waals surface area contributed by atoms with Crippen molar-refractivity contribution >= 4 is 44.8 Å². The predicted octanol–water partition coefficient (Wildman–Crippen LogP) is 4.25. The third-order valence-corrected chi connectivity index (χ3v) is 7.78. The number of aromatic nitrogens is 3. The normalized spacial score (nSPS) is 13.7. The van der Waals surface area contributed by atoms with E-state index >= 15 is 0 Å². The molecule has 5 aromatic rings. The van der Waals surface area contributed by atoms with E-state index in [1.54, 1.807) is 30.5 Å². The monoisotopic (exact) mass is 593 g/mol. The molecule has 0 aliphatic carbocycles. The van der Waals surface area contributed by atoms with Gasteiger partial charge < -0.3 is 15.5 Å². The van der Waals surface area contributed by atoms with Crippen LogP contribution in [-0.2, 0) is 17.2 Å². The maximum Gasteiger partial charge on any atom is 0.255 e. The van der Waals surface area contributed by atoms with Crippen molar-refractivity contribution in [2.24, 2.45) is 0 Å². The van der Waals surface area contributed by atoms with Crippen LogP contribution in [0.4, 0.5) is 17.2 Å². The summed E-state index contributed by atoms with van der Waals surface area (Å²) in [5, 5.41) is 5.68. The lowest BCUT2D eigenvalue weighted by molar-refractivity contribution is 0.102. The standard InChI is InChI=1S/C32H31N7O3S/c40-32(26-4-1-5-28(17-26)35-22-43(41)42)36-27-9-6-24(7-10-27)25-8-11-29-30(18-25)37-31(20-34-29)39-15-13-38(14-16-39)21-23-3-2-12-33-19-23/h1-12,17-20,35,43H,13-16,21-22H2,(H,36,40). The van der Waals surface area contributed by atoms with Gasteiger partial charge in [-0.2, -0.15) is 0 Å². The number of hydrogen-bond donors (Lipinski definition) is 3. The second kappa shape index (κ2) is 13.0. The summed E-state index contributed by atoms with van der Waals surface area (Å²) in [6.07, 6.45) is 5.58. The van der Waals surface area contributed by atoms with Gasteiger partial charge in [0.2, 0.25) is 0 Å². The molecule has 0 unspecified atom stereocenters. The third-order valence-electron chi connectivity index (χ3n) is 7.37. The average Bonchev–Trinajstić information content (AvgIpc) is 3.04. The van der Waals surface area contributed by atoms with E-state index in [0.29, 0.717) is 16.9 Å². The number of carbonyl (C=O) groups is 1. The molecule has 1 aliphatic heterocycles. The first-order valence-corrected chi connectivity index (χ1v) is 15.4. The number of pyridine rings is 1. The summed E-state index contributed by atoms with van der Waals surface area (Å²) in [5.41, 5.74) is 6.54. The van der Waals surface area contributed by atoms with Crippen LogP contribution in [0.2, 0.25) is 0 Å². The first-order chi connectivity index (χ1) is 21.0. The fourth-order valence-corrected chi connectivity index (χ4v) is 5.41. The summed E-state index contributed by atoms with van der Waals surface area (Å²) in [7, 11) is -2.56. The highest BCUT2D eigenvalue weighted by Crippen LogP contribution is 2.26. The van der Waals surface area contributed by atoms with E-state index in [4.69, 9.17) is 4.98 Å². The average molecular weight is 594 g/mol. The number of benzene rings is 3. The zero-order valence-electron chi connectivity index (χ0n) is 23.4. The van der Waals surface area contributed by atoms with E-state index in [0.717, 1.165) is 60.7 Å². The van der Waals surface area contributed by atoms with E-state index in [9.17, 15) is 13.2 Å². The Kier molecular flexibility index (Phi) is 8.52. The zero-order chi connectivity index (χ0) is 29.6. The highest BCUT2D eigenvalue weighted by molar-refractivity contribution is 7.72. The van der Waals surface area contributed by atoms with E-state index in [2.05, 4.69) is 36.5 Å². The lowest BCUT2D eigenvalue weighted by atomic mass is 10.0. The second-order valence-corrected chi connectivity index (χ2v) is 11.3. The zero-order valence-corrected chi connectivity index (χ0v) is 24.3. The molecule has 43 heavy (non-hydrogen) atoms. The molecule has 3 aromatic carbocycles. The summed E-state index contributed by atoms with van der Waals surface area (Å²) in [6, 6.07) is 24.5. The van der Waals surface area contributed by atoms with Crippen LogP contribution in [0.25, 0.3) is 22.2 Å². The summed E-state index contributed by atoms with van der Waals surface area (Å²) in [5.74, 6) is 0.410. The highest BCUT2D eigenvalue weighted by Gasteiger charge is 2.19. The van der Waals surface area contributed by atoms with Crippen molar-refractivity contribution in [3.05, 3.63) is 109 Å². The van der Waals surface area contributed by atoms with Gasteiger partial charge in [0.25, 0.3) is 5.91 Å². The molecule has 218 valence electrons. The van der Waals surface area contributed by atoms with Crippen molar-refractivity contribution in [1.82, 2.24) is 19.9 Å². The van der Waals surface area contributed by atoms with E-state index in [-0.39, 0.29) is 11.8 Å². The molecule has 0 saturated carbocycles. The lowest BCUT2D eigenvalue weighted by Crippen LogP contribution is -2.46. The Balaban J connectivity index is 1.10. The number of nitrogens with one attached hydrogen (secondary N) is 2. The van der Waals surface area contributed by atoms with Gasteiger partial charge in [-0.3, -0.25) is 19.7 Å². The number of amides is 1. The first kappa shape index (κ1) is 28.3. The highest BCUT2D eigenvalue weighted by atomic mass is 32.2. The van der Waals surface area contributed by atoms with Crippen LogP contribution in [0.3, 0.4) is 0 Å². The third kappa shape index (κ3) is 7.14. The molecule has 1 saturated heterocycles. The van der Waals surface area contributed by atoms with Crippen LogP contribution in [0, 0.1) is 0 Å². The molecule has 0 atom stereocenters. The Morgan fingerprint density at radius 1 is 0.814 bits per heavy atom. The fourth-order valence-electron chi connectivity index (χ4n) is 5.09. The molecule has 6 rings (SSSR count). The largest absolute Gasteiger partial charge is 0.372 e. The Morgan fingerprint density at radius 3 is 2.40 bits per heavy atom. The number of fused-ring (bicyclic) bond motifs is 1. The van der Waals surface area contributed by atoms with Crippen molar-refractivity contribution in [3.63, 3.8) is 0 Å². The van der Waals surface area contributed by atoms with E-state index < -0.39 is 10.7 Å². The maximum atomic E-state index is 12.8. The lowest BCUT2D eigenvalue weighted by Gasteiger charge is -2.35. The van der Waals surface area contributed by atoms with Gasteiger partial charge in [0.05, 0.1) is 17.2 Å². The number of piperazine rings is 1. The molecular formula is C32H31N7O3S. The maximum absolute atomic E-state index is 12.8. The predicted molar refractivity (Wildman–Crippen MR) is 170 cm³/mol. The van der Waals surface area contributed by atoms with Crippen molar-refractivity contribution in [2.75, 3.05) is 47.6 Å². The van der Waals surface area contributed by atoms with Crippen LogP contribution >= 0.6 is 0 Å². The van der Waals surface area contributed by atoms with Gasteiger partial charge in [-0.15, -0.1) is 0 Å². The minimum absolute atomic E-state index is 0.187. The minimum Gasteiger partial charge on any atom is -0.372 e. The molecule has 11 heteroatoms. The SMILES string of the molecule is O=C(Nc1ccc(-c2ccc3ncc(N4CCN(Cc5cccnc5)CC4)nc3c2)cc1)c1cccc(NC[SH](=O)=O)c1. The van der Waals surface area contributed by atoms with Gasteiger partial charge in [-0.1, -0.05) is 30.3 Å². The fraction of sp³-hybridized carbons (Fsp3) is 0.188. The topological polar surface area (TPSA) is 120 Å². The molecule has 0 bridgehead atoms.